The van der Waals surface area contributed by atoms with Gasteiger partial charge in [0.05, 0.1) is 11.3 Å². The Morgan fingerprint density at radius 3 is 2.39 bits per heavy atom. The minimum Gasteiger partial charge on any atom is -0.324 e. The summed E-state index contributed by atoms with van der Waals surface area (Å²) in [6, 6.07) is 3.10. The highest BCUT2D eigenvalue weighted by Crippen LogP contribution is 2.35. The van der Waals surface area contributed by atoms with E-state index in [2.05, 4.69) is 5.43 Å². The Morgan fingerprint density at radius 2 is 1.94 bits per heavy atom. The number of nitrogens with one attached hydrogen (secondary N) is 2. The molecule has 0 radical (unpaired) electrons. The summed E-state index contributed by atoms with van der Waals surface area (Å²) in [4.78, 5) is 11.6. The van der Waals surface area contributed by atoms with Crippen LogP contribution in [0.2, 0.25) is 0 Å². The second kappa shape index (κ2) is 5.23. The van der Waals surface area contributed by atoms with Crippen molar-refractivity contribution in [3.05, 3.63) is 29.3 Å². The first kappa shape index (κ1) is 14.3. The Morgan fingerprint density at radius 1 is 1.33 bits per heavy atom. The fourth-order valence-electron chi connectivity index (χ4n) is 1.31. The van der Waals surface area contributed by atoms with Gasteiger partial charge in [-0.1, -0.05) is 0 Å². The molecule has 1 rings (SSSR count). The molecule has 0 aliphatic carbocycles. The van der Waals surface area contributed by atoms with Crippen LogP contribution in [-0.2, 0) is 6.18 Å². The molecule has 18 heavy (non-hydrogen) atoms. The molecule has 1 aromatic rings. The number of hydrazine groups is 2. The number of hydrogen-bond acceptors (Lipinski definition) is 4. The van der Waals surface area contributed by atoms with E-state index in [4.69, 9.17) is 5.84 Å². The van der Waals surface area contributed by atoms with Gasteiger partial charge >= 0.3 is 6.18 Å². The minimum absolute atomic E-state index is 0.102. The summed E-state index contributed by atoms with van der Waals surface area (Å²) in [7, 11) is 3.11. The molecule has 0 saturated heterocycles. The molecule has 1 aromatic carbocycles. The largest absolute Gasteiger partial charge is 0.418 e. The SMILES string of the molecule is CN(C)NC(=O)c1ccc(NN)c(C(F)(F)F)c1. The molecular formula is C10H13F3N4O. The Bertz CT molecular complexity index is 445. The van der Waals surface area contributed by atoms with E-state index in [1.54, 1.807) is 14.1 Å². The number of hydrogen-bond donors (Lipinski definition) is 3. The van der Waals surface area contributed by atoms with Crippen LogP contribution >= 0.6 is 0 Å². The Hall–Kier alpha value is -1.80. The van der Waals surface area contributed by atoms with Crippen molar-refractivity contribution in [1.82, 2.24) is 10.4 Å². The smallest absolute Gasteiger partial charge is 0.324 e. The van der Waals surface area contributed by atoms with Gasteiger partial charge in [0, 0.05) is 19.7 Å². The maximum Gasteiger partial charge on any atom is 0.418 e. The standard InChI is InChI=1S/C10H13F3N4O/c1-17(2)16-9(18)6-3-4-8(15-14)7(5-6)10(11,12)13/h3-5,15H,14H2,1-2H3,(H,16,18). The number of carbonyl (C=O) groups is 1. The normalized spacial score (nSPS) is 11.5. The lowest BCUT2D eigenvalue weighted by molar-refractivity contribution is -0.137. The molecule has 0 spiro atoms. The minimum atomic E-state index is -4.59. The number of carbonyl (C=O) groups excluding carboxylic acids is 1. The van der Waals surface area contributed by atoms with Gasteiger partial charge in [-0.05, 0) is 18.2 Å². The molecule has 1 amide bonds. The van der Waals surface area contributed by atoms with Crippen LogP contribution in [0.3, 0.4) is 0 Å². The summed E-state index contributed by atoms with van der Waals surface area (Å²) >= 11 is 0. The fourth-order valence-corrected chi connectivity index (χ4v) is 1.31. The first-order valence-corrected chi connectivity index (χ1v) is 4.92. The van der Waals surface area contributed by atoms with Crippen molar-refractivity contribution >= 4 is 11.6 Å². The second-order valence-electron chi connectivity index (χ2n) is 3.74. The van der Waals surface area contributed by atoms with Crippen LogP contribution in [0.25, 0.3) is 0 Å². The summed E-state index contributed by atoms with van der Waals surface area (Å²) in [5.74, 6) is 4.36. The highest BCUT2D eigenvalue weighted by atomic mass is 19.4. The molecule has 8 heteroatoms. The van der Waals surface area contributed by atoms with Crippen molar-refractivity contribution in [2.24, 2.45) is 5.84 Å². The Labute approximate surface area is 102 Å². The molecule has 0 unspecified atom stereocenters. The van der Waals surface area contributed by atoms with Gasteiger partial charge in [-0.25, -0.2) is 5.01 Å². The summed E-state index contributed by atoms with van der Waals surface area (Å²) in [5.41, 5.74) is 2.92. The first-order valence-electron chi connectivity index (χ1n) is 4.92. The zero-order valence-corrected chi connectivity index (χ0v) is 9.80. The predicted molar refractivity (Wildman–Crippen MR) is 60.4 cm³/mol. The third-order valence-corrected chi connectivity index (χ3v) is 2.07. The monoisotopic (exact) mass is 262 g/mol. The number of rotatable bonds is 3. The highest BCUT2D eigenvalue weighted by molar-refractivity contribution is 5.94. The zero-order valence-electron chi connectivity index (χ0n) is 9.80. The molecule has 0 fully saturated rings. The lowest BCUT2D eigenvalue weighted by Crippen LogP contribution is -2.36. The predicted octanol–water partition coefficient (Wildman–Crippen LogP) is 1.20. The van der Waals surface area contributed by atoms with E-state index in [1.807, 2.05) is 5.43 Å². The van der Waals surface area contributed by atoms with Crippen molar-refractivity contribution in [3.8, 4) is 0 Å². The van der Waals surface area contributed by atoms with Crippen molar-refractivity contribution in [2.45, 2.75) is 6.18 Å². The molecule has 0 atom stereocenters. The summed E-state index contributed by atoms with van der Waals surface area (Å²) < 4.78 is 38.1. The number of anilines is 1. The van der Waals surface area contributed by atoms with Gasteiger partial charge < -0.3 is 5.43 Å². The topological polar surface area (TPSA) is 70.4 Å². The van der Waals surface area contributed by atoms with Gasteiger partial charge in [0.2, 0.25) is 0 Å². The zero-order chi connectivity index (χ0) is 13.9. The van der Waals surface area contributed by atoms with Crippen molar-refractivity contribution in [2.75, 3.05) is 19.5 Å². The van der Waals surface area contributed by atoms with Crippen LogP contribution in [0.4, 0.5) is 18.9 Å². The van der Waals surface area contributed by atoms with E-state index >= 15 is 0 Å². The van der Waals surface area contributed by atoms with Gasteiger partial charge in [0.25, 0.3) is 5.91 Å². The van der Waals surface area contributed by atoms with Crippen molar-refractivity contribution in [3.63, 3.8) is 0 Å². The molecule has 5 nitrogen and oxygen atoms in total. The van der Waals surface area contributed by atoms with E-state index in [9.17, 15) is 18.0 Å². The average molecular weight is 262 g/mol. The van der Waals surface area contributed by atoms with Crippen molar-refractivity contribution < 1.29 is 18.0 Å². The number of amides is 1. The van der Waals surface area contributed by atoms with Crippen LogP contribution < -0.4 is 16.7 Å². The first-order chi connectivity index (χ1) is 8.25. The van der Waals surface area contributed by atoms with Crippen LogP contribution in [-0.4, -0.2) is 25.0 Å². The molecule has 0 aliphatic heterocycles. The molecule has 0 aliphatic rings. The number of nitrogens with two attached hydrogens (primary N) is 1. The number of nitrogen functional groups attached to an aromatic ring is 1. The quantitative estimate of drug-likeness (QED) is 0.565. The van der Waals surface area contributed by atoms with Crippen molar-refractivity contribution in [1.29, 1.82) is 0 Å². The van der Waals surface area contributed by atoms with E-state index in [0.29, 0.717) is 0 Å². The van der Waals surface area contributed by atoms with Crippen LogP contribution in [0.5, 0.6) is 0 Å². The van der Waals surface area contributed by atoms with Gasteiger partial charge in [-0.15, -0.1) is 0 Å². The van der Waals surface area contributed by atoms with E-state index in [-0.39, 0.29) is 11.3 Å². The third-order valence-electron chi connectivity index (χ3n) is 2.07. The van der Waals surface area contributed by atoms with Crippen LogP contribution in [0.15, 0.2) is 18.2 Å². The number of alkyl halides is 3. The fraction of sp³-hybridized carbons (Fsp3) is 0.300. The van der Waals surface area contributed by atoms with E-state index in [1.165, 1.54) is 11.1 Å². The molecule has 0 heterocycles. The molecule has 100 valence electrons. The summed E-state index contributed by atoms with van der Waals surface area (Å²) in [5, 5.41) is 1.34. The lowest BCUT2D eigenvalue weighted by Gasteiger charge is -2.15. The van der Waals surface area contributed by atoms with Gasteiger partial charge in [0.1, 0.15) is 0 Å². The number of nitrogens with zero attached hydrogens (tertiary/aromatic N) is 1. The number of halogens is 3. The summed E-state index contributed by atoms with van der Waals surface area (Å²) in [6.07, 6.45) is -4.59. The van der Waals surface area contributed by atoms with Crippen LogP contribution in [0.1, 0.15) is 15.9 Å². The van der Waals surface area contributed by atoms with Gasteiger partial charge in [-0.3, -0.25) is 16.1 Å². The molecule has 0 bridgehead atoms. The van der Waals surface area contributed by atoms with E-state index in [0.717, 1.165) is 12.1 Å². The number of benzene rings is 1. The lowest BCUT2D eigenvalue weighted by atomic mass is 10.1. The summed E-state index contributed by atoms with van der Waals surface area (Å²) in [6.45, 7) is 0. The Kier molecular flexibility index (Phi) is 4.15. The Balaban J connectivity index is 3.15. The molecule has 0 saturated carbocycles. The third kappa shape index (κ3) is 3.34. The average Bonchev–Trinajstić information content (AvgIpc) is 2.26. The highest BCUT2D eigenvalue weighted by Gasteiger charge is 2.34. The maximum atomic E-state index is 12.7. The second-order valence-corrected chi connectivity index (χ2v) is 3.74. The molecule has 0 aromatic heterocycles. The van der Waals surface area contributed by atoms with Gasteiger partial charge in [-0.2, -0.15) is 13.2 Å². The van der Waals surface area contributed by atoms with Crippen LogP contribution in [0, 0.1) is 0 Å². The molecular weight excluding hydrogens is 249 g/mol. The van der Waals surface area contributed by atoms with Gasteiger partial charge in [0.15, 0.2) is 0 Å². The maximum absolute atomic E-state index is 12.7. The molecule has 4 N–H and O–H groups in total. The van der Waals surface area contributed by atoms with E-state index < -0.39 is 17.6 Å².